The summed E-state index contributed by atoms with van der Waals surface area (Å²) >= 11 is 0. The van der Waals surface area contributed by atoms with Gasteiger partial charge in [0.05, 0.1) is 5.56 Å². The zero-order valence-electron chi connectivity index (χ0n) is 14.1. The van der Waals surface area contributed by atoms with E-state index in [1.54, 1.807) is 29.9 Å². The van der Waals surface area contributed by atoms with Crippen LogP contribution < -0.4 is 5.32 Å². The maximum absolute atomic E-state index is 11.0. The zero-order valence-corrected chi connectivity index (χ0v) is 14.1. The second-order valence-electron chi connectivity index (χ2n) is 5.95. The Hall–Kier alpha value is -3.18. The number of aromatic nitrogens is 4. The molecule has 0 unspecified atom stereocenters. The summed E-state index contributed by atoms with van der Waals surface area (Å²) in [6.07, 6.45) is -3.01. The lowest BCUT2D eigenvalue weighted by molar-refractivity contribution is -0.192. The topological polar surface area (TPSA) is 130 Å². The van der Waals surface area contributed by atoms with Gasteiger partial charge in [-0.05, 0) is 41.0 Å². The van der Waals surface area contributed by atoms with Crippen molar-refractivity contribution in [1.29, 1.82) is 0 Å². The number of carboxylic acid groups (broad SMARTS) is 2. The van der Waals surface area contributed by atoms with Crippen LogP contribution in [-0.4, -0.2) is 55.1 Å². The van der Waals surface area contributed by atoms with Gasteiger partial charge < -0.3 is 15.5 Å². The highest BCUT2D eigenvalue weighted by Crippen LogP contribution is 2.48. The number of aromatic carboxylic acids is 1. The number of carboxylic acids is 2. The van der Waals surface area contributed by atoms with Crippen LogP contribution in [0.3, 0.4) is 0 Å². The number of nitrogens with zero attached hydrogens (tertiary/aromatic N) is 4. The molecule has 0 atom stereocenters. The molecule has 1 aliphatic rings. The van der Waals surface area contributed by atoms with Gasteiger partial charge in [0, 0.05) is 19.0 Å². The third-order valence-corrected chi connectivity index (χ3v) is 4.02. The summed E-state index contributed by atoms with van der Waals surface area (Å²) in [5.74, 6) is -3.04. The predicted octanol–water partition coefficient (Wildman–Crippen LogP) is 1.69. The van der Waals surface area contributed by atoms with Crippen molar-refractivity contribution < 1.29 is 33.0 Å². The summed E-state index contributed by atoms with van der Waals surface area (Å²) in [6, 6.07) is 7.15. The van der Waals surface area contributed by atoms with E-state index in [2.05, 4.69) is 20.8 Å². The van der Waals surface area contributed by atoms with Crippen LogP contribution in [0, 0.1) is 0 Å². The molecule has 1 saturated carbocycles. The molecule has 0 radical (unpaired) electrons. The molecule has 146 valence electrons. The minimum Gasteiger partial charge on any atom is -0.478 e. The van der Waals surface area contributed by atoms with Crippen molar-refractivity contribution in [3.63, 3.8) is 0 Å². The van der Waals surface area contributed by atoms with Gasteiger partial charge in [0.15, 0.2) is 0 Å². The number of anilines is 1. The van der Waals surface area contributed by atoms with Gasteiger partial charge in [0.1, 0.15) is 0 Å². The second kappa shape index (κ2) is 7.60. The molecule has 1 aliphatic carbocycles. The number of tetrazole rings is 1. The van der Waals surface area contributed by atoms with E-state index in [0.717, 1.165) is 18.4 Å². The number of aryl methyl sites for hydroxylation is 1. The summed E-state index contributed by atoms with van der Waals surface area (Å²) in [5.41, 5.74) is 1.38. The Labute approximate surface area is 150 Å². The van der Waals surface area contributed by atoms with E-state index in [-0.39, 0.29) is 5.41 Å². The number of hydrogen-bond acceptors (Lipinski definition) is 6. The first-order valence-corrected chi connectivity index (χ1v) is 7.65. The maximum atomic E-state index is 11.0. The van der Waals surface area contributed by atoms with Crippen LogP contribution in [-0.2, 0) is 17.3 Å². The van der Waals surface area contributed by atoms with E-state index in [9.17, 15) is 18.0 Å². The zero-order chi connectivity index (χ0) is 20.2. The van der Waals surface area contributed by atoms with Crippen molar-refractivity contribution in [3.8, 4) is 0 Å². The molecule has 1 heterocycles. The minimum absolute atomic E-state index is 0.00257. The Balaban J connectivity index is 0.000000321. The van der Waals surface area contributed by atoms with Gasteiger partial charge in [-0.1, -0.05) is 17.2 Å². The van der Waals surface area contributed by atoms with E-state index in [0.29, 0.717) is 18.1 Å². The van der Waals surface area contributed by atoms with E-state index in [1.807, 2.05) is 6.07 Å². The number of nitrogens with one attached hydrogen (secondary N) is 1. The molecule has 1 aromatic heterocycles. The van der Waals surface area contributed by atoms with Crippen molar-refractivity contribution in [2.75, 3.05) is 11.9 Å². The first kappa shape index (κ1) is 20.1. The fraction of sp³-hybridized carbons (Fsp3) is 0.400. The Morgan fingerprint density at radius 2 is 1.93 bits per heavy atom. The van der Waals surface area contributed by atoms with Gasteiger partial charge in [0.25, 0.3) is 0 Å². The average molecular weight is 387 g/mol. The van der Waals surface area contributed by atoms with E-state index < -0.39 is 18.1 Å². The first-order valence-electron chi connectivity index (χ1n) is 7.65. The molecular weight excluding hydrogens is 371 g/mol. The fourth-order valence-corrected chi connectivity index (χ4v) is 2.33. The maximum Gasteiger partial charge on any atom is 0.490 e. The molecule has 0 bridgehead atoms. The van der Waals surface area contributed by atoms with Gasteiger partial charge in [0.2, 0.25) is 5.95 Å². The molecule has 3 N–H and O–H groups in total. The summed E-state index contributed by atoms with van der Waals surface area (Å²) in [6.45, 7) is 0.699. The number of carbonyl (C=O) groups is 2. The van der Waals surface area contributed by atoms with Crippen LogP contribution in [0.15, 0.2) is 24.3 Å². The van der Waals surface area contributed by atoms with Crippen LogP contribution in [0.1, 0.15) is 28.8 Å². The van der Waals surface area contributed by atoms with Crippen LogP contribution in [0.5, 0.6) is 0 Å². The smallest absolute Gasteiger partial charge is 0.478 e. The molecule has 0 amide bonds. The van der Waals surface area contributed by atoms with Crippen LogP contribution in [0.4, 0.5) is 19.1 Å². The summed E-state index contributed by atoms with van der Waals surface area (Å²) < 4.78 is 33.3. The number of benzene rings is 1. The largest absolute Gasteiger partial charge is 0.490 e. The van der Waals surface area contributed by atoms with Crippen molar-refractivity contribution in [2.45, 2.75) is 24.4 Å². The first-order chi connectivity index (χ1) is 12.5. The number of aliphatic carboxylic acids is 1. The number of halogens is 3. The van der Waals surface area contributed by atoms with Crippen LogP contribution in [0.2, 0.25) is 0 Å². The third kappa shape index (κ3) is 5.15. The monoisotopic (exact) mass is 387 g/mol. The quantitative estimate of drug-likeness (QED) is 0.707. The lowest BCUT2D eigenvalue weighted by Crippen LogP contribution is -2.21. The summed E-state index contributed by atoms with van der Waals surface area (Å²) in [5, 5.41) is 30.6. The van der Waals surface area contributed by atoms with Gasteiger partial charge in [-0.3, -0.25) is 0 Å². The molecule has 12 heteroatoms. The minimum atomic E-state index is -5.08. The van der Waals surface area contributed by atoms with E-state index >= 15 is 0 Å². The number of alkyl halides is 3. The molecule has 1 aromatic carbocycles. The highest BCUT2D eigenvalue weighted by Gasteiger charge is 2.44. The fourth-order valence-electron chi connectivity index (χ4n) is 2.33. The lowest BCUT2D eigenvalue weighted by atomic mass is 9.94. The highest BCUT2D eigenvalue weighted by molar-refractivity contribution is 5.87. The average Bonchev–Trinajstić information content (AvgIpc) is 3.28. The molecule has 1 fully saturated rings. The molecule has 3 rings (SSSR count). The van der Waals surface area contributed by atoms with Crippen molar-refractivity contribution in [1.82, 2.24) is 20.2 Å². The molecule has 0 spiro atoms. The van der Waals surface area contributed by atoms with Crippen LogP contribution >= 0.6 is 0 Å². The van der Waals surface area contributed by atoms with E-state index in [4.69, 9.17) is 15.0 Å². The summed E-state index contributed by atoms with van der Waals surface area (Å²) in [4.78, 5) is 19.9. The van der Waals surface area contributed by atoms with Crippen molar-refractivity contribution in [2.24, 2.45) is 7.05 Å². The number of rotatable bonds is 5. The van der Waals surface area contributed by atoms with Gasteiger partial charge in [-0.2, -0.15) is 13.2 Å². The van der Waals surface area contributed by atoms with Crippen LogP contribution in [0.25, 0.3) is 0 Å². The molecule has 0 saturated heterocycles. The highest BCUT2D eigenvalue weighted by atomic mass is 19.4. The number of hydrogen-bond donors (Lipinski definition) is 3. The molecule has 0 aliphatic heterocycles. The van der Waals surface area contributed by atoms with E-state index in [1.165, 1.54) is 0 Å². The van der Waals surface area contributed by atoms with Crippen molar-refractivity contribution >= 4 is 17.9 Å². The molecule has 27 heavy (non-hydrogen) atoms. The normalized spacial score (nSPS) is 14.7. The van der Waals surface area contributed by atoms with Crippen molar-refractivity contribution in [3.05, 3.63) is 35.4 Å². The lowest BCUT2D eigenvalue weighted by Gasteiger charge is -2.17. The Bertz CT molecular complexity index is 833. The van der Waals surface area contributed by atoms with Gasteiger partial charge in [-0.15, -0.1) is 0 Å². The Kier molecular flexibility index (Phi) is 5.66. The summed E-state index contributed by atoms with van der Waals surface area (Å²) in [7, 11) is 1.77. The SMILES string of the molecule is Cn1nnnc1NCC1(c2cccc(C(=O)O)c2)CC1.O=C(O)C(F)(F)F. The van der Waals surface area contributed by atoms with Gasteiger partial charge in [-0.25, -0.2) is 14.3 Å². The third-order valence-electron chi connectivity index (χ3n) is 4.02. The second-order valence-corrected chi connectivity index (χ2v) is 5.95. The standard InChI is InChI=1S/C13H15N5O2.C2HF3O2/c1-18-12(15-16-17-18)14-8-13(5-6-13)10-4-2-3-9(7-10)11(19)20;3-2(4,5)1(6)7/h2-4,7H,5-6,8H2,1H3,(H,19,20)(H,14,15,17);(H,6,7). The molecule has 9 nitrogen and oxygen atoms in total. The molecular formula is C15H16F3N5O4. The Morgan fingerprint density at radius 1 is 1.30 bits per heavy atom. The predicted molar refractivity (Wildman–Crippen MR) is 85.3 cm³/mol. The van der Waals surface area contributed by atoms with Gasteiger partial charge >= 0.3 is 18.1 Å². The Morgan fingerprint density at radius 3 is 2.37 bits per heavy atom. The molecule has 2 aromatic rings.